The maximum atomic E-state index is 4.68. The zero-order valence-electron chi connectivity index (χ0n) is 34.7. The third-order valence-electron chi connectivity index (χ3n) is 11.6. The van der Waals surface area contributed by atoms with E-state index in [0.717, 1.165) is 12.5 Å². The number of hydrogen-bond acceptors (Lipinski definition) is 3. The fourth-order valence-electron chi connectivity index (χ4n) is 8.04. The molecule has 0 radical (unpaired) electrons. The minimum atomic E-state index is 0.908. The molecule has 0 aromatic heterocycles. The number of unbranched alkanes of at least 4 members (excludes halogenated alkanes) is 24. The summed E-state index contributed by atoms with van der Waals surface area (Å²) >= 11 is 0. The maximum absolute atomic E-state index is 4.68. The maximum Gasteiger partial charge on any atom is 0.0377 e. The number of nitrogens with zero attached hydrogens (tertiary/aromatic N) is 3. The first-order valence-electron chi connectivity index (χ1n) is 23.0. The largest absolute Gasteiger partial charge is 0.374 e. The van der Waals surface area contributed by atoms with Crippen molar-refractivity contribution < 1.29 is 0 Å². The molecule has 3 nitrogen and oxygen atoms in total. The van der Waals surface area contributed by atoms with E-state index in [9.17, 15) is 0 Å². The Balaban J connectivity index is 2.45. The van der Waals surface area contributed by atoms with Gasteiger partial charge >= 0.3 is 0 Å². The summed E-state index contributed by atoms with van der Waals surface area (Å²) in [7, 11) is 0. The summed E-state index contributed by atoms with van der Waals surface area (Å²) < 4.78 is 0. The average molecular weight is 688 g/mol. The van der Waals surface area contributed by atoms with Gasteiger partial charge in [0, 0.05) is 25.3 Å². The van der Waals surface area contributed by atoms with Gasteiger partial charge in [-0.2, -0.15) is 0 Å². The second-order valence-electron chi connectivity index (χ2n) is 16.4. The van der Waals surface area contributed by atoms with Crippen LogP contribution < -0.4 is 0 Å². The van der Waals surface area contributed by atoms with Crippen LogP contribution in [0.1, 0.15) is 227 Å². The molecule has 0 aliphatic carbocycles. The Labute approximate surface area is 311 Å². The molecule has 0 amide bonds. The molecule has 0 aromatic rings. The van der Waals surface area contributed by atoms with Gasteiger partial charge in [0.2, 0.25) is 0 Å². The van der Waals surface area contributed by atoms with Gasteiger partial charge in [0.15, 0.2) is 0 Å². The van der Waals surface area contributed by atoms with Crippen molar-refractivity contribution in [2.45, 2.75) is 227 Å². The molecule has 1 aliphatic rings. The van der Waals surface area contributed by atoms with Gasteiger partial charge in [-0.3, -0.25) is 4.90 Å². The van der Waals surface area contributed by atoms with Crippen molar-refractivity contribution in [3.05, 3.63) is 12.3 Å². The molecule has 3 heteroatoms. The SMILES string of the molecule is C=C(CN(CCCCCCCCC)CCCCCCCCC)N1CCC(CCN(CCCCCCCCC)CCCCCCCCC)CC1. The standard InChI is InChI=1S/C46H93N3/c1-6-10-14-18-22-26-30-37-47(38-31-27-23-19-15-11-7-2)41-34-46-35-42-49(43-36-46)45(5)44-48(39-32-28-24-20-16-12-8-3)40-33-29-25-21-17-13-9-4/h46H,5-44H2,1-4H3. The highest BCUT2D eigenvalue weighted by atomic mass is 15.2. The molecule has 1 rings (SSSR count). The molecule has 1 fully saturated rings. The number of piperidine rings is 1. The summed E-state index contributed by atoms with van der Waals surface area (Å²) in [4.78, 5) is 8.32. The molecule has 0 aromatic carbocycles. The highest BCUT2D eigenvalue weighted by molar-refractivity contribution is 4.99. The van der Waals surface area contributed by atoms with E-state index in [1.807, 2.05) is 0 Å². The lowest BCUT2D eigenvalue weighted by Crippen LogP contribution is -2.39. The fourth-order valence-corrected chi connectivity index (χ4v) is 8.04. The Hall–Kier alpha value is -0.540. The zero-order valence-corrected chi connectivity index (χ0v) is 34.7. The smallest absolute Gasteiger partial charge is 0.0377 e. The van der Waals surface area contributed by atoms with E-state index in [1.165, 1.54) is 251 Å². The minimum absolute atomic E-state index is 0.908. The van der Waals surface area contributed by atoms with Crippen molar-refractivity contribution in [1.29, 1.82) is 0 Å². The van der Waals surface area contributed by atoms with Crippen LogP contribution in [0.15, 0.2) is 12.3 Å². The predicted octanol–water partition coefficient (Wildman–Crippen LogP) is 14.2. The van der Waals surface area contributed by atoms with Gasteiger partial charge in [-0.05, 0) is 83.6 Å². The Morgan fingerprint density at radius 2 is 0.735 bits per heavy atom. The van der Waals surface area contributed by atoms with Gasteiger partial charge < -0.3 is 9.80 Å². The zero-order chi connectivity index (χ0) is 35.5. The highest BCUT2D eigenvalue weighted by Crippen LogP contribution is 2.24. The van der Waals surface area contributed by atoms with E-state index in [2.05, 4.69) is 49.0 Å². The van der Waals surface area contributed by atoms with Crippen LogP contribution in [0.5, 0.6) is 0 Å². The van der Waals surface area contributed by atoms with Crippen LogP contribution in [0.4, 0.5) is 0 Å². The number of hydrogen-bond donors (Lipinski definition) is 0. The first-order chi connectivity index (χ1) is 24.1. The molecule has 1 saturated heterocycles. The van der Waals surface area contributed by atoms with Crippen LogP contribution >= 0.6 is 0 Å². The van der Waals surface area contributed by atoms with Crippen molar-refractivity contribution in [2.75, 3.05) is 52.4 Å². The van der Waals surface area contributed by atoms with Gasteiger partial charge in [0.05, 0.1) is 0 Å². The van der Waals surface area contributed by atoms with Gasteiger partial charge in [-0.15, -0.1) is 0 Å². The summed E-state index contributed by atoms with van der Waals surface area (Å²) in [6.45, 7) is 24.1. The molecular weight excluding hydrogens is 595 g/mol. The third-order valence-corrected chi connectivity index (χ3v) is 11.6. The highest BCUT2D eigenvalue weighted by Gasteiger charge is 2.22. The second-order valence-corrected chi connectivity index (χ2v) is 16.4. The summed E-state index contributed by atoms with van der Waals surface area (Å²) in [5.74, 6) is 0.908. The number of rotatable bonds is 38. The quantitative estimate of drug-likeness (QED) is 0.0598. The molecule has 0 bridgehead atoms. The van der Waals surface area contributed by atoms with E-state index >= 15 is 0 Å². The lowest BCUT2D eigenvalue weighted by atomic mass is 9.93. The topological polar surface area (TPSA) is 9.72 Å². The molecule has 0 spiro atoms. The molecule has 49 heavy (non-hydrogen) atoms. The van der Waals surface area contributed by atoms with Crippen LogP contribution in [-0.2, 0) is 0 Å². The molecule has 292 valence electrons. The van der Waals surface area contributed by atoms with E-state index in [0.29, 0.717) is 0 Å². The Bertz CT molecular complexity index is 633. The van der Waals surface area contributed by atoms with E-state index in [1.54, 1.807) is 0 Å². The molecule has 1 heterocycles. The minimum Gasteiger partial charge on any atom is -0.374 e. The average Bonchev–Trinajstić information content (AvgIpc) is 3.11. The van der Waals surface area contributed by atoms with Crippen molar-refractivity contribution >= 4 is 0 Å². The van der Waals surface area contributed by atoms with Gasteiger partial charge in [0.25, 0.3) is 0 Å². The van der Waals surface area contributed by atoms with Crippen molar-refractivity contribution in [3.8, 4) is 0 Å². The van der Waals surface area contributed by atoms with Gasteiger partial charge in [0.1, 0.15) is 0 Å². The number of likely N-dealkylation sites (tertiary alicyclic amines) is 1. The molecule has 1 aliphatic heterocycles. The second kappa shape index (κ2) is 35.8. The lowest BCUT2D eigenvalue weighted by Gasteiger charge is -2.37. The molecule has 0 atom stereocenters. The van der Waals surface area contributed by atoms with E-state index in [4.69, 9.17) is 0 Å². The van der Waals surface area contributed by atoms with Crippen LogP contribution in [0.3, 0.4) is 0 Å². The third kappa shape index (κ3) is 28.7. The van der Waals surface area contributed by atoms with Crippen molar-refractivity contribution in [3.63, 3.8) is 0 Å². The molecule has 0 unspecified atom stereocenters. The first-order valence-corrected chi connectivity index (χ1v) is 23.0. The van der Waals surface area contributed by atoms with Crippen molar-refractivity contribution in [2.24, 2.45) is 5.92 Å². The van der Waals surface area contributed by atoms with Crippen LogP contribution in [0.2, 0.25) is 0 Å². The summed E-state index contributed by atoms with van der Waals surface area (Å²) in [5, 5.41) is 0. The van der Waals surface area contributed by atoms with E-state index < -0.39 is 0 Å². The van der Waals surface area contributed by atoms with Gasteiger partial charge in [-0.1, -0.05) is 188 Å². The molecule has 0 N–H and O–H groups in total. The molecular formula is C46H93N3. The monoisotopic (exact) mass is 688 g/mol. The van der Waals surface area contributed by atoms with Crippen LogP contribution in [-0.4, -0.2) is 67.1 Å². The normalized spacial score (nSPS) is 14.1. The van der Waals surface area contributed by atoms with Gasteiger partial charge in [-0.25, -0.2) is 0 Å². The predicted molar refractivity (Wildman–Crippen MR) is 223 cm³/mol. The van der Waals surface area contributed by atoms with E-state index in [-0.39, 0.29) is 0 Å². The van der Waals surface area contributed by atoms with Crippen LogP contribution in [0, 0.1) is 5.92 Å². The summed E-state index contributed by atoms with van der Waals surface area (Å²) in [5.41, 5.74) is 1.41. The Morgan fingerprint density at radius 3 is 1.08 bits per heavy atom. The fraction of sp³-hybridized carbons (Fsp3) is 0.957. The van der Waals surface area contributed by atoms with Crippen molar-refractivity contribution in [1.82, 2.24) is 14.7 Å². The van der Waals surface area contributed by atoms with Crippen LogP contribution in [0.25, 0.3) is 0 Å². The molecule has 0 saturated carbocycles. The summed E-state index contributed by atoms with van der Waals surface area (Å²) in [6.07, 6.45) is 43.8. The Morgan fingerprint density at radius 1 is 0.429 bits per heavy atom. The lowest BCUT2D eigenvalue weighted by molar-refractivity contribution is 0.173. The summed E-state index contributed by atoms with van der Waals surface area (Å²) in [6, 6.07) is 0. The first kappa shape index (κ1) is 46.5. The Kier molecular flexibility index (Phi) is 34.0.